The maximum Gasteiger partial charge on any atom is 0.196 e. The Hall–Kier alpha value is -1.24. The molecular weight excluding hydrogens is 274 g/mol. The number of halogens is 1. The fourth-order valence-corrected chi connectivity index (χ4v) is 3.05. The van der Waals surface area contributed by atoms with Crippen molar-refractivity contribution in [2.75, 3.05) is 31.2 Å². The molecule has 1 fully saturated rings. The van der Waals surface area contributed by atoms with E-state index in [1.54, 1.807) is 0 Å². The molecule has 2 aromatic heterocycles. The molecule has 2 aromatic rings. The van der Waals surface area contributed by atoms with Crippen molar-refractivity contribution < 1.29 is 9.53 Å². The molecule has 0 aromatic carbocycles. The maximum absolute atomic E-state index is 10.9. The molecule has 94 valence electrons. The standard InChI is InChI=1S/C11H10ClN3O2S/c12-8-5-7-10(15-1-3-17-4-2-15)13-9(6-16)14-11(7)18-8/h5-6H,1-4H2. The van der Waals surface area contributed by atoms with Gasteiger partial charge in [0.1, 0.15) is 10.6 Å². The summed E-state index contributed by atoms with van der Waals surface area (Å²) < 4.78 is 5.97. The van der Waals surface area contributed by atoms with Crippen molar-refractivity contribution in [1.82, 2.24) is 9.97 Å². The highest BCUT2D eigenvalue weighted by Gasteiger charge is 2.18. The van der Waals surface area contributed by atoms with Crippen LogP contribution in [0.25, 0.3) is 10.2 Å². The number of rotatable bonds is 2. The quantitative estimate of drug-likeness (QED) is 0.789. The summed E-state index contributed by atoms with van der Waals surface area (Å²) in [6.07, 6.45) is 0.664. The molecule has 0 atom stereocenters. The van der Waals surface area contributed by atoms with Crippen LogP contribution in [0.2, 0.25) is 4.34 Å². The number of carbonyl (C=O) groups excluding carboxylic acids is 1. The number of carbonyl (C=O) groups is 1. The third-order valence-electron chi connectivity index (χ3n) is 2.78. The molecule has 3 heterocycles. The highest BCUT2D eigenvalue weighted by molar-refractivity contribution is 7.22. The highest BCUT2D eigenvalue weighted by atomic mass is 35.5. The molecule has 7 heteroatoms. The molecule has 1 aliphatic heterocycles. The van der Waals surface area contributed by atoms with E-state index < -0.39 is 0 Å². The van der Waals surface area contributed by atoms with Gasteiger partial charge in [0.25, 0.3) is 0 Å². The second kappa shape index (κ2) is 4.79. The van der Waals surface area contributed by atoms with E-state index in [9.17, 15) is 4.79 Å². The summed E-state index contributed by atoms with van der Waals surface area (Å²) in [6.45, 7) is 2.86. The molecular formula is C11H10ClN3O2S. The molecule has 5 nitrogen and oxygen atoms in total. The number of morpholine rings is 1. The van der Waals surface area contributed by atoms with Crippen molar-refractivity contribution in [3.63, 3.8) is 0 Å². The Labute approximate surface area is 112 Å². The molecule has 0 radical (unpaired) electrons. The first-order chi connectivity index (χ1) is 8.78. The summed E-state index contributed by atoms with van der Waals surface area (Å²) in [5.74, 6) is 0.969. The maximum atomic E-state index is 10.9. The topological polar surface area (TPSA) is 55.3 Å². The minimum atomic E-state index is 0.197. The van der Waals surface area contributed by atoms with Crippen molar-refractivity contribution in [2.45, 2.75) is 0 Å². The second-order valence-electron chi connectivity index (χ2n) is 3.89. The normalized spacial score (nSPS) is 16.2. The molecule has 0 N–H and O–H groups in total. The van der Waals surface area contributed by atoms with Gasteiger partial charge in [-0.05, 0) is 6.07 Å². The number of aromatic nitrogens is 2. The van der Waals surface area contributed by atoms with Gasteiger partial charge in [-0.15, -0.1) is 11.3 Å². The minimum absolute atomic E-state index is 0.197. The average molecular weight is 284 g/mol. The van der Waals surface area contributed by atoms with Gasteiger partial charge in [0.05, 0.1) is 22.9 Å². The molecule has 0 unspecified atom stereocenters. The van der Waals surface area contributed by atoms with E-state index >= 15 is 0 Å². The summed E-state index contributed by atoms with van der Waals surface area (Å²) in [4.78, 5) is 22.2. The second-order valence-corrected chi connectivity index (χ2v) is 5.55. The fourth-order valence-electron chi connectivity index (χ4n) is 1.96. The first kappa shape index (κ1) is 11.8. The Morgan fingerprint density at radius 2 is 2.17 bits per heavy atom. The molecule has 1 aliphatic rings. The summed E-state index contributed by atoms with van der Waals surface area (Å²) in [5.41, 5.74) is 0. The lowest BCUT2D eigenvalue weighted by atomic mass is 10.3. The van der Waals surface area contributed by atoms with Crippen LogP contribution in [0.5, 0.6) is 0 Å². The van der Waals surface area contributed by atoms with Crippen LogP contribution in [-0.4, -0.2) is 42.6 Å². The summed E-state index contributed by atoms with van der Waals surface area (Å²) in [5, 5.41) is 0.900. The zero-order valence-electron chi connectivity index (χ0n) is 9.43. The third-order valence-corrected chi connectivity index (χ3v) is 3.93. The van der Waals surface area contributed by atoms with Gasteiger partial charge < -0.3 is 9.64 Å². The van der Waals surface area contributed by atoms with E-state index in [2.05, 4.69) is 14.9 Å². The summed E-state index contributed by atoms with van der Waals surface area (Å²) in [6, 6.07) is 1.85. The van der Waals surface area contributed by atoms with Gasteiger partial charge in [0.2, 0.25) is 0 Å². The Balaban J connectivity index is 2.15. The van der Waals surface area contributed by atoms with Gasteiger partial charge in [-0.2, -0.15) is 0 Å². The van der Waals surface area contributed by atoms with E-state index in [4.69, 9.17) is 16.3 Å². The Morgan fingerprint density at radius 1 is 1.39 bits per heavy atom. The van der Waals surface area contributed by atoms with Crippen LogP contribution in [0.1, 0.15) is 10.6 Å². The predicted molar refractivity (Wildman–Crippen MR) is 70.8 cm³/mol. The minimum Gasteiger partial charge on any atom is -0.378 e. The fraction of sp³-hybridized carbons (Fsp3) is 0.364. The number of hydrogen-bond donors (Lipinski definition) is 0. The van der Waals surface area contributed by atoms with E-state index in [1.165, 1.54) is 11.3 Å². The van der Waals surface area contributed by atoms with E-state index in [0.29, 0.717) is 23.8 Å². The van der Waals surface area contributed by atoms with Crippen molar-refractivity contribution >= 4 is 45.3 Å². The largest absolute Gasteiger partial charge is 0.378 e. The van der Waals surface area contributed by atoms with Gasteiger partial charge >= 0.3 is 0 Å². The molecule has 0 aliphatic carbocycles. The molecule has 1 saturated heterocycles. The zero-order chi connectivity index (χ0) is 12.5. The monoisotopic (exact) mass is 283 g/mol. The Morgan fingerprint density at radius 3 is 2.89 bits per heavy atom. The molecule has 0 spiro atoms. The molecule has 3 rings (SSSR count). The van der Waals surface area contributed by atoms with Crippen LogP contribution >= 0.6 is 22.9 Å². The Kier molecular flexibility index (Phi) is 3.15. The number of thiophene rings is 1. The number of anilines is 1. The summed E-state index contributed by atoms with van der Waals surface area (Å²) >= 11 is 7.37. The number of hydrogen-bond acceptors (Lipinski definition) is 6. The van der Waals surface area contributed by atoms with Gasteiger partial charge in [-0.25, -0.2) is 9.97 Å². The molecule has 18 heavy (non-hydrogen) atoms. The smallest absolute Gasteiger partial charge is 0.196 e. The van der Waals surface area contributed by atoms with Crippen LogP contribution in [0, 0.1) is 0 Å². The number of aldehydes is 1. The van der Waals surface area contributed by atoms with Crippen LogP contribution in [-0.2, 0) is 4.74 Å². The van der Waals surface area contributed by atoms with Gasteiger partial charge in [-0.3, -0.25) is 4.79 Å². The lowest BCUT2D eigenvalue weighted by Gasteiger charge is -2.28. The number of fused-ring (bicyclic) bond motifs is 1. The highest BCUT2D eigenvalue weighted by Crippen LogP contribution is 2.33. The van der Waals surface area contributed by atoms with Crippen LogP contribution in [0.3, 0.4) is 0 Å². The van der Waals surface area contributed by atoms with E-state index in [1.807, 2.05) is 6.07 Å². The first-order valence-corrected chi connectivity index (χ1v) is 6.72. The van der Waals surface area contributed by atoms with Crippen LogP contribution < -0.4 is 4.90 Å². The van der Waals surface area contributed by atoms with Crippen molar-refractivity contribution in [2.24, 2.45) is 0 Å². The number of nitrogens with zero attached hydrogens (tertiary/aromatic N) is 3. The lowest BCUT2D eigenvalue weighted by molar-refractivity contribution is 0.111. The average Bonchev–Trinajstić information content (AvgIpc) is 2.78. The van der Waals surface area contributed by atoms with E-state index in [0.717, 1.165) is 29.1 Å². The molecule has 0 amide bonds. The van der Waals surface area contributed by atoms with Gasteiger partial charge in [-0.1, -0.05) is 11.6 Å². The zero-order valence-corrected chi connectivity index (χ0v) is 11.0. The van der Waals surface area contributed by atoms with E-state index in [-0.39, 0.29) is 5.82 Å². The molecule has 0 bridgehead atoms. The van der Waals surface area contributed by atoms with Gasteiger partial charge in [0.15, 0.2) is 12.1 Å². The van der Waals surface area contributed by atoms with Crippen LogP contribution in [0.15, 0.2) is 6.07 Å². The predicted octanol–water partition coefficient (Wildman–Crippen LogP) is 1.99. The third kappa shape index (κ3) is 2.07. The summed E-state index contributed by atoms with van der Waals surface area (Å²) in [7, 11) is 0. The SMILES string of the molecule is O=Cc1nc(N2CCOCC2)c2cc(Cl)sc2n1. The van der Waals surface area contributed by atoms with Crippen molar-refractivity contribution in [1.29, 1.82) is 0 Å². The van der Waals surface area contributed by atoms with Crippen molar-refractivity contribution in [3.05, 3.63) is 16.2 Å². The first-order valence-electron chi connectivity index (χ1n) is 5.53. The van der Waals surface area contributed by atoms with Crippen LogP contribution in [0.4, 0.5) is 5.82 Å². The number of ether oxygens (including phenoxy) is 1. The lowest BCUT2D eigenvalue weighted by Crippen LogP contribution is -2.37. The van der Waals surface area contributed by atoms with Gasteiger partial charge in [0, 0.05) is 13.1 Å². The Bertz CT molecular complexity index is 595. The van der Waals surface area contributed by atoms with Crippen molar-refractivity contribution in [3.8, 4) is 0 Å². The molecule has 0 saturated carbocycles.